The first kappa shape index (κ1) is 12.8. The topological polar surface area (TPSA) is 41.1 Å². The molecule has 0 bridgehead atoms. The molecule has 1 aliphatic heterocycles. The number of hydrazine groups is 1. The van der Waals surface area contributed by atoms with Crippen molar-refractivity contribution in [2.75, 3.05) is 16.9 Å². The molecule has 17 heavy (non-hydrogen) atoms. The first-order valence-corrected chi connectivity index (χ1v) is 7.59. The molecular formula is C12H15BrN2OS. The van der Waals surface area contributed by atoms with E-state index in [2.05, 4.69) is 26.8 Å². The van der Waals surface area contributed by atoms with E-state index in [9.17, 15) is 4.79 Å². The van der Waals surface area contributed by atoms with Crippen molar-refractivity contribution >= 4 is 39.3 Å². The number of rotatable bonds is 3. The van der Waals surface area contributed by atoms with Crippen molar-refractivity contribution in [2.24, 2.45) is 5.92 Å². The molecule has 1 heterocycles. The van der Waals surface area contributed by atoms with Gasteiger partial charge in [-0.15, -0.1) is 0 Å². The molecule has 5 heteroatoms. The maximum absolute atomic E-state index is 11.9. The fraction of sp³-hybridized carbons (Fsp3) is 0.417. The normalized spacial score (nSPS) is 16.5. The smallest absolute Gasteiger partial charge is 0.241 e. The predicted molar refractivity (Wildman–Crippen MR) is 76.0 cm³/mol. The van der Waals surface area contributed by atoms with Gasteiger partial charge < -0.3 is 0 Å². The molecule has 0 aliphatic carbocycles. The van der Waals surface area contributed by atoms with E-state index < -0.39 is 0 Å². The number of carbonyl (C=O) groups excluding carboxylic acids is 1. The fourth-order valence-electron chi connectivity index (χ4n) is 1.76. The van der Waals surface area contributed by atoms with Crippen LogP contribution in [0.5, 0.6) is 0 Å². The average molecular weight is 315 g/mol. The molecule has 2 N–H and O–H groups in total. The zero-order valence-corrected chi connectivity index (χ0v) is 11.8. The van der Waals surface area contributed by atoms with Crippen molar-refractivity contribution in [3.8, 4) is 0 Å². The highest BCUT2D eigenvalue weighted by atomic mass is 79.9. The molecule has 0 radical (unpaired) electrons. The second kappa shape index (κ2) is 6.31. The summed E-state index contributed by atoms with van der Waals surface area (Å²) in [7, 11) is 0. The van der Waals surface area contributed by atoms with E-state index in [0.29, 0.717) is 0 Å². The molecule has 0 aromatic heterocycles. The molecule has 2 rings (SSSR count). The van der Waals surface area contributed by atoms with Crippen molar-refractivity contribution in [3.05, 3.63) is 28.7 Å². The Labute approximate surface area is 114 Å². The van der Waals surface area contributed by atoms with Gasteiger partial charge in [0.2, 0.25) is 5.91 Å². The molecule has 1 fully saturated rings. The number of thioether (sulfide) groups is 1. The number of carbonyl (C=O) groups is 1. The summed E-state index contributed by atoms with van der Waals surface area (Å²) in [6.45, 7) is 0. The van der Waals surface area contributed by atoms with Crippen LogP contribution in [-0.4, -0.2) is 17.4 Å². The van der Waals surface area contributed by atoms with E-state index in [4.69, 9.17) is 0 Å². The van der Waals surface area contributed by atoms with Gasteiger partial charge in [-0.1, -0.05) is 22.0 Å². The number of hydrogen-bond donors (Lipinski definition) is 2. The van der Waals surface area contributed by atoms with Gasteiger partial charge in [0.25, 0.3) is 0 Å². The second-order valence-corrected chi connectivity index (χ2v) is 6.15. The molecule has 92 valence electrons. The summed E-state index contributed by atoms with van der Waals surface area (Å²) in [4.78, 5) is 11.9. The number of anilines is 1. The van der Waals surface area contributed by atoms with Crippen molar-refractivity contribution in [1.82, 2.24) is 5.43 Å². The van der Waals surface area contributed by atoms with E-state index >= 15 is 0 Å². The molecule has 1 aromatic rings. The zero-order chi connectivity index (χ0) is 12.1. The summed E-state index contributed by atoms with van der Waals surface area (Å²) in [6, 6.07) is 7.72. The molecule has 0 unspecified atom stereocenters. The zero-order valence-electron chi connectivity index (χ0n) is 9.41. The van der Waals surface area contributed by atoms with Gasteiger partial charge >= 0.3 is 0 Å². The van der Waals surface area contributed by atoms with E-state index in [1.54, 1.807) is 0 Å². The van der Waals surface area contributed by atoms with Crippen molar-refractivity contribution < 1.29 is 4.79 Å². The standard InChI is InChI=1S/C12H15BrN2OS/c13-10-2-1-3-11(8-10)14-15-12(16)9-4-6-17-7-5-9/h1-3,8-9,14H,4-7H2,(H,15,16). The minimum atomic E-state index is 0.102. The molecule has 0 saturated carbocycles. The van der Waals surface area contributed by atoms with Gasteiger partial charge in [0.1, 0.15) is 0 Å². The Bertz CT molecular complexity index is 394. The Hall–Kier alpha value is -0.680. The quantitative estimate of drug-likeness (QED) is 0.843. The summed E-state index contributed by atoms with van der Waals surface area (Å²) < 4.78 is 0.991. The number of nitrogens with one attached hydrogen (secondary N) is 2. The van der Waals surface area contributed by atoms with Crippen molar-refractivity contribution in [2.45, 2.75) is 12.8 Å². The molecule has 1 aromatic carbocycles. The second-order valence-electron chi connectivity index (χ2n) is 4.01. The van der Waals surface area contributed by atoms with Crippen LogP contribution >= 0.6 is 27.7 Å². The largest absolute Gasteiger partial charge is 0.299 e. The summed E-state index contributed by atoms with van der Waals surface area (Å²) in [5, 5.41) is 0. The first-order valence-electron chi connectivity index (χ1n) is 5.65. The Morgan fingerprint density at radius 2 is 2.12 bits per heavy atom. The molecule has 0 spiro atoms. The van der Waals surface area contributed by atoms with Gasteiger partial charge in [-0.05, 0) is 42.5 Å². The highest BCUT2D eigenvalue weighted by Gasteiger charge is 2.20. The number of amides is 1. The number of halogens is 1. The van der Waals surface area contributed by atoms with Crippen LogP contribution in [0, 0.1) is 5.92 Å². The molecule has 3 nitrogen and oxygen atoms in total. The maximum Gasteiger partial charge on any atom is 0.241 e. The van der Waals surface area contributed by atoms with E-state index in [1.165, 1.54) is 0 Å². The number of benzene rings is 1. The molecule has 1 aliphatic rings. The number of hydrogen-bond acceptors (Lipinski definition) is 3. The van der Waals surface area contributed by atoms with Crippen LogP contribution in [0.25, 0.3) is 0 Å². The van der Waals surface area contributed by atoms with Crippen LogP contribution in [-0.2, 0) is 4.79 Å². The van der Waals surface area contributed by atoms with E-state index in [0.717, 1.165) is 34.5 Å². The van der Waals surface area contributed by atoms with Crippen molar-refractivity contribution in [3.63, 3.8) is 0 Å². The molecule has 0 atom stereocenters. The third kappa shape index (κ3) is 3.92. The summed E-state index contributed by atoms with van der Waals surface area (Å²) >= 11 is 5.32. The van der Waals surface area contributed by atoms with Gasteiger partial charge in [-0.2, -0.15) is 11.8 Å². The molecule has 1 amide bonds. The van der Waals surface area contributed by atoms with Crippen LogP contribution in [0.3, 0.4) is 0 Å². The van der Waals surface area contributed by atoms with E-state index in [1.807, 2.05) is 36.0 Å². The lowest BCUT2D eigenvalue weighted by molar-refractivity contribution is -0.124. The Balaban J connectivity index is 1.83. The summed E-state index contributed by atoms with van der Waals surface area (Å²) in [6.07, 6.45) is 1.97. The van der Waals surface area contributed by atoms with Crippen LogP contribution in [0.15, 0.2) is 28.7 Å². The fourth-order valence-corrected chi connectivity index (χ4v) is 3.27. The SMILES string of the molecule is O=C(NNc1cccc(Br)c1)C1CCSCC1. The third-order valence-electron chi connectivity index (χ3n) is 2.75. The first-order chi connectivity index (χ1) is 8.25. The van der Waals surface area contributed by atoms with Crippen LogP contribution < -0.4 is 10.9 Å². The van der Waals surface area contributed by atoms with Gasteiger partial charge in [-0.3, -0.25) is 15.6 Å². The third-order valence-corrected chi connectivity index (χ3v) is 4.29. The average Bonchev–Trinajstić information content (AvgIpc) is 2.37. The predicted octanol–water partition coefficient (Wildman–Crippen LogP) is 3.04. The Morgan fingerprint density at radius 3 is 2.82 bits per heavy atom. The van der Waals surface area contributed by atoms with Gasteiger partial charge in [0.15, 0.2) is 0 Å². The van der Waals surface area contributed by atoms with Crippen LogP contribution in [0.1, 0.15) is 12.8 Å². The minimum Gasteiger partial charge on any atom is -0.299 e. The van der Waals surface area contributed by atoms with Gasteiger partial charge in [0.05, 0.1) is 5.69 Å². The highest BCUT2D eigenvalue weighted by molar-refractivity contribution is 9.10. The monoisotopic (exact) mass is 314 g/mol. The Morgan fingerprint density at radius 1 is 1.35 bits per heavy atom. The highest BCUT2D eigenvalue weighted by Crippen LogP contribution is 2.22. The lowest BCUT2D eigenvalue weighted by Crippen LogP contribution is -2.36. The van der Waals surface area contributed by atoms with E-state index in [-0.39, 0.29) is 11.8 Å². The molecular weight excluding hydrogens is 300 g/mol. The Kier molecular flexibility index (Phi) is 4.74. The van der Waals surface area contributed by atoms with Gasteiger partial charge in [-0.25, -0.2) is 0 Å². The maximum atomic E-state index is 11.9. The van der Waals surface area contributed by atoms with Crippen molar-refractivity contribution in [1.29, 1.82) is 0 Å². The summed E-state index contributed by atoms with van der Waals surface area (Å²) in [5.74, 6) is 2.45. The lowest BCUT2D eigenvalue weighted by atomic mass is 10.0. The van der Waals surface area contributed by atoms with Gasteiger partial charge in [0, 0.05) is 10.4 Å². The lowest BCUT2D eigenvalue weighted by Gasteiger charge is -2.21. The molecule has 1 saturated heterocycles. The summed E-state index contributed by atoms with van der Waals surface area (Å²) in [5.41, 5.74) is 6.61. The van der Waals surface area contributed by atoms with Crippen LogP contribution in [0.4, 0.5) is 5.69 Å². The minimum absolute atomic E-state index is 0.102. The van der Waals surface area contributed by atoms with Crippen LogP contribution in [0.2, 0.25) is 0 Å².